The van der Waals surface area contributed by atoms with E-state index in [1.165, 1.54) is 11.8 Å². The van der Waals surface area contributed by atoms with Crippen LogP contribution in [0.3, 0.4) is 0 Å². The van der Waals surface area contributed by atoms with E-state index in [0.717, 1.165) is 30.5 Å². The van der Waals surface area contributed by atoms with Crippen LogP contribution in [-0.4, -0.2) is 71.5 Å². The van der Waals surface area contributed by atoms with Crippen LogP contribution in [0.5, 0.6) is 11.5 Å². The van der Waals surface area contributed by atoms with E-state index in [9.17, 15) is 13.2 Å². The van der Waals surface area contributed by atoms with Crippen molar-refractivity contribution in [2.75, 3.05) is 33.9 Å². The van der Waals surface area contributed by atoms with Crippen molar-refractivity contribution in [2.45, 2.75) is 30.6 Å². The van der Waals surface area contributed by atoms with Crippen LogP contribution in [0.25, 0.3) is 23.0 Å². The van der Waals surface area contributed by atoms with Crippen LogP contribution in [-0.2, 0) is 21.2 Å². The number of thiocarbonyl (C=S) groups is 1. The van der Waals surface area contributed by atoms with Crippen molar-refractivity contribution in [3.05, 3.63) is 95.0 Å². The van der Waals surface area contributed by atoms with E-state index >= 15 is 0 Å². The molecule has 0 aliphatic carbocycles. The third-order valence-electron chi connectivity index (χ3n) is 8.06. The van der Waals surface area contributed by atoms with Crippen LogP contribution in [0.15, 0.2) is 88.8 Å². The maximum Gasteiger partial charge on any atom is 0.266 e. The highest BCUT2D eigenvalue weighted by atomic mass is 32.2. The highest BCUT2D eigenvalue weighted by Crippen LogP contribution is 2.36. The number of piperidine rings is 1. The minimum atomic E-state index is -3.65. The van der Waals surface area contributed by atoms with Gasteiger partial charge in [0, 0.05) is 37.0 Å². The highest BCUT2D eigenvalue weighted by Gasteiger charge is 2.32. The van der Waals surface area contributed by atoms with Gasteiger partial charge in [0.2, 0.25) is 10.0 Å². The number of methoxy groups -OCH3 is 2. The van der Waals surface area contributed by atoms with Gasteiger partial charge in [-0.3, -0.25) is 9.69 Å². The second-order valence-electron chi connectivity index (χ2n) is 11.0. The monoisotopic (exact) mass is 674 g/mol. The molecule has 0 N–H and O–H groups in total. The average molecular weight is 675 g/mol. The number of aromatic nitrogens is 2. The van der Waals surface area contributed by atoms with Gasteiger partial charge in [0.15, 0.2) is 11.5 Å². The van der Waals surface area contributed by atoms with Crippen molar-refractivity contribution in [2.24, 2.45) is 0 Å². The smallest absolute Gasteiger partial charge is 0.266 e. The Bertz CT molecular complexity index is 1900. The van der Waals surface area contributed by atoms with Crippen LogP contribution in [0.4, 0.5) is 0 Å². The number of hydrogen-bond donors (Lipinski definition) is 0. The molecular weight excluding hydrogens is 641 g/mol. The Balaban J connectivity index is 1.31. The fourth-order valence-corrected chi connectivity index (χ4v) is 8.46. The van der Waals surface area contributed by atoms with Crippen molar-refractivity contribution in [1.29, 1.82) is 0 Å². The van der Waals surface area contributed by atoms with Crippen LogP contribution >= 0.6 is 24.0 Å². The lowest BCUT2D eigenvalue weighted by molar-refractivity contribution is -0.122. The largest absolute Gasteiger partial charge is 0.493 e. The minimum Gasteiger partial charge on any atom is -0.493 e. The van der Waals surface area contributed by atoms with Gasteiger partial charge in [0.25, 0.3) is 5.91 Å². The van der Waals surface area contributed by atoms with Crippen molar-refractivity contribution in [1.82, 2.24) is 19.0 Å². The molecule has 12 heteroatoms. The normalized spacial score (nSPS) is 16.7. The lowest BCUT2D eigenvalue weighted by Gasteiger charge is -2.26. The van der Waals surface area contributed by atoms with E-state index in [1.54, 1.807) is 52.4 Å². The number of hydrogen-bond acceptors (Lipinski definition) is 8. The molecule has 9 nitrogen and oxygen atoms in total. The number of amides is 1. The van der Waals surface area contributed by atoms with E-state index in [1.807, 2.05) is 60.8 Å². The molecule has 1 amide bonds. The van der Waals surface area contributed by atoms with E-state index in [2.05, 4.69) is 0 Å². The second kappa shape index (κ2) is 13.8. The highest BCUT2D eigenvalue weighted by molar-refractivity contribution is 8.26. The Morgan fingerprint density at radius 1 is 0.935 bits per heavy atom. The van der Waals surface area contributed by atoms with Gasteiger partial charge in [-0.15, -0.1) is 0 Å². The van der Waals surface area contributed by atoms with Gasteiger partial charge in [0.05, 0.1) is 29.7 Å². The van der Waals surface area contributed by atoms with Gasteiger partial charge in [-0.05, 0) is 67.3 Å². The molecule has 2 saturated heterocycles. The molecule has 4 aromatic rings. The first kappa shape index (κ1) is 32.0. The molecule has 46 heavy (non-hydrogen) atoms. The third-order valence-corrected chi connectivity index (χ3v) is 11.3. The van der Waals surface area contributed by atoms with Gasteiger partial charge < -0.3 is 9.47 Å². The average Bonchev–Trinajstić information content (AvgIpc) is 3.63. The summed E-state index contributed by atoms with van der Waals surface area (Å²) in [6.45, 7) is 1.45. The van der Waals surface area contributed by atoms with Crippen molar-refractivity contribution in [3.63, 3.8) is 0 Å². The van der Waals surface area contributed by atoms with Gasteiger partial charge in [-0.1, -0.05) is 66.8 Å². The summed E-state index contributed by atoms with van der Waals surface area (Å²) in [7, 11) is -0.467. The molecule has 0 atom stereocenters. The number of para-hydroxylation sites is 1. The van der Waals surface area contributed by atoms with Crippen LogP contribution in [0.2, 0.25) is 0 Å². The predicted molar refractivity (Wildman–Crippen MR) is 185 cm³/mol. The number of carbonyl (C=O) groups is 1. The zero-order valence-corrected chi connectivity index (χ0v) is 28.0. The SMILES string of the molecule is COc1ccc(CCN2C(=O)C(=Cc3cn(-c4ccccc4)nc3-c3cccc(S(=O)(=O)N4CCCCC4)c3)SC2=S)cc1OC. The van der Waals surface area contributed by atoms with Gasteiger partial charge in [-0.2, -0.15) is 9.40 Å². The van der Waals surface area contributed by atoms with Crippen LogP contribution < -0.4 is 9.47 Å². The molecule has 3 aromatic carbocycles. The van der Waals surface area contributed by atoms with E-state index in [-0.39, 0.29) is 10.8 Å². The molecule has 238 valence electrons. The predicted octanol–water partition coefficient (Wildman–Crippen LogP) is 6.18. The van der Waals surface area contributed by atoms with Crippen LogP contribution in [0.1, 0.15) is 30.4 Å². The van der Waals surface area contributed by atoms with Gasteiger partial charge >= 0.3 is 0 Å². The zero-order chi connectivity index (χ0) is 32.3. The number of ether oxygens (including phenoxy) is 2. The molecule has 1 aromatic heterocycles. The van der Waals surface area contributed by atoms with Crippen molar-refractivity contribution < 1.29 is 22.7 Å². The summed E-state index contributed by atoms with van der Waals surface area (Å²) < 4.78 is 41.6. The lowest BCUT2D eigenvalue weighted by Crippen LogP contribution is -2.35. The summed E-state index contributed by atoms with van der Waals surface area (Å²) in [5.41, 5.74) is 3.71. The van der Waals surface area contributed by atoms with E-state index in [0.29, 0.717) is 63.6 Å². The maximum absolute atomic E-state index is 13.6. The molecule has 3 heterocycles. The molecule has 2 fully saturated rings. The summed E-state index contributed by atoms with van der Waals surface area (Å²) in [4.78, 5) is 16.0. The first-order valence-electron chi connectivity index (χ1n) is 15.0. The standard InChI is InChI=1S/C34H34N4O5S3/c1-42-29-15-14-24(20-30(29)43-2)16-19-37-33(39)31(45-34(37)44)22-26-23-38(27-11-5-3-6-12-27)35-32(26)25-10-9-13-28(21-25)46(40,41)36-17-7-4-8-18-36/h3,5-6,9-15,20-23H,4,7-8,16-19H2,1-2H3. The topological polar surface area (TPSA) is 94.0 Å². The Morgan fingerprint density at radius 3 is 2.43 bits per heavy atom. The molecule has 0 bridgehead atoms. The fraction of sp³-hybridized carbons (Fsp3) is 0.265. The van der Waals surface area contributed by atoms with E-state index in [4.69, 9.17) is 26.8 Å². The molecule has 6 rings (SSSR count). The molecule has 0 spiro atoms. The summed E-state index contributed by atoms with van der Waals surface area (Å²) in [5.74, 6) is 1.08. The number of sulfonamides is 1. The Labute approximate surface area is 278 Å². The minimum absolute atomic E-state index is 0.185. The number of rotatable bonds is 10. The van der Waals surface area contributed by atoms with Crippen LogP contribution in [0, 0.1) is 0 Å². The Hall–Kier alpha value is -3.97. The summed E-state index contributed by atoms with van der Waals surface area (Å²) in [5, 5.41) is 4.87. The molecular formula is C34H34N4O5S3. The molecule has 0 radical (unpaired) electrons. The Morgan fingerprint density at radius 2 is 1.70 bits per heavy atom. The summed E-state index contributed by atoms with van der Waals surface area (Å²) >= 11 is 6.88. The number of nitrogens with zero attached hydrogens (tertiary/aromatic N) is 4. The van der Waals surface area contributed by atoms with Crippen molar-refractivity contribution >= 4 is 50.3 Å². The van der Waals surface area contributed by atoms with Gasteiger partial charge in [0.1, 0.15) is 10.0 Å². The molecule has 0 unspecified atom stereocenters. The summed E-state index contributed by atoms with van der Waals surface area (Å²) in [6, 6.07) is 22.2. The van der Waals surface area contributed by atoms with E-state index < -0.39 is 10.0 Å². The number of thioether (sulfide) groups is 1. The first-order valence-corrected chi connectivity index (χ1v) is 17.7. The molecule has 2 aliphatic heterocycles. The zero-order valence-electron chi connectivity index (χ0n) is 25.6. The third kappa shape index (κ3) is 6.61. The Kier molecular flexibility index (Phi) is 9.60. The first-order chi connectivity index (χ1) is 22.3. The van der Waals surface area contributed by atoms with Crippen molar-refractivity contribution in [3.8, 4) is 28.4 Å². The maximum atomic E-state index is 13.6. The van der Waals surface area contributed by atoms with Gasteiger partial charge in [-0.25, -0.2) is 13.1 Å². The molecule has 0 saturated carbocycles. The second-order valence-corrected chi connectivity index (χ2v) is 14.6. The number of benzene rings is 3. The number of carbonyl (C=O) groups excluding carboxylic acids is 1. The quantitative estimate of drug-likeness (QED) is 0.146. The summed E-state index contributed by atoms with van der Waals surface area (Å²) in [6.07, 6.45) is 6.98. The fourth-order valence-electron chi connectivity index (χ4n) is 5.60. The molecule has 2 aliphatic rings. The lowest BCUT2D eigenvalue weighted by atomic mass is 10.1.